The van der Waals surface area contributed by atoms with Gasteiger partial charge < -0.3 is 9.72 Å². The lowest BCUT2D eigenvalue weighted by Crippen LogP contribution is -2.11. The number of hydrogen-bond donors (Lipinski definition) is 1. The van der Waals surface area contributed by atoms with Crippen molar-refractivity contribution in [1.29, 1.82) is 0 Å². The monoisotopic (exact) mass is 375 g/mol. The number of aromatic nitrogens is 3. The summed E-state index contributed by atoms with van der Waals surface area (Å²) in [6.45, 7) is 6.96. The molecule has 1 fully saturated rings. The average molecular weight is 376 g/mol. The zero-order chi connectivity index (χ0) is 19.5. The molecule has 1 saturated carbocycles. The number of pyridine rings is 1. The van der Waals surface area contributed by atoms with Gasteiger partial charge in [-0.05, 0) is 68.0 Å². The topological polar surface area (TPSA) is 50.8 Å². The fourth-order valence-electron chi connectivity index (χ4n) is 3.94. The van der Waals surface area contributed by atoms with Gasteiger partial charge in [-0.15, -0.1) is 0 Å². The van der Waals surface area contributed by atoms with E-state index in [0.29, 0.717) is 12.5 Å². The van der Waals surface area contributed by atoms with Gasteiger partial charge in [0.25, 0.3) is 0 Å². The highest BCUT2D eigenvalue weighted by molar-refractivity contribution is 5.61. The standard InChI is InChI=1S/C24H29N3O/c1-16-4-7-19(8-5-16)24-26-14-22(27-24)20-9-11-23(18(3)12-20)28-15-21-10-6-17(2)13-25-21/h6,9-14,16,19H,4-5,7-8,15H2,1-3H3,(H,26,27). The van der Waals surface area contributed by atoms with E-state index < -0.39 is 0 Å². The molecule has 0 aliphatic heterocycles. The van der Waals surface area contributed by atoms with Gasteiger partial charge in [-0.1, -0.05) is 25.8 Å². The van der Waals surface area contributed by atoms with Crippen LogP contribution in [0.3, 0.4) is 0 Å². The molecule has 28 heavy (non-hydrogen) atoms. The summed E-state index contributed by atoms with van der Waals surface area (Å²) in [6, 6.07) is 10.4. The zero-order valence-electron chi connectivity index (χ0n) is 17.0. The van der Waals surface area contributed by atoms with Gasteiger partial charge in [-0.25, -0.2) is 4.98 Å². The molecule has 1 aliphatic rings. The van der Waals surface area contributed by atoms with Gasteiger partial charge in [0.2, 0.25) is 0 Å². The molecule has 4 rings (SSSR count). The van der Waals surface area contributed by atoms with Crippen LogP contribution >= 0.6 is 0 Å². The van der Waals surface area contributed by atoms with E-state index in [1.54, 1.807) is 0 Å². The van der Waals surface area contributed by atoms with Gasteiger partial charge in [0, 0.05) is 17.7 Å². The average Bonchev–Trinajstić information content (AvgIpc) is 3.19. The summed E-state index contributed by atoms with van der Waals surface area (Å²) in [5.41, 5.74) is 5.46. The largest absolute Gasteiger partial charge is 0.487 e. The van der Waals surface area contributed by atoms with Gasteiger partial charge in [0.05, 0.1) is 17.6 Å². The third-order valence-corrected chi connectivity index (χ3v) is 5.83. The van der Waals surface area contributed by atoms with Gasteiger partial charge in [0.1, 0.15) is 18.2 Å². The highest BCUT2D eigenvalue weighted by Gasteiger charge is 2.22. The van der Waals surface area contributed by atoms with Crippen LogP contribution in [-0.2, 0) is 6.61 Å². The van der Waals surface area contributed by atoms with Gasteiger partial charge >= 0.3 is 0 Å². The van der Waals surface area contributed by atoms with Gasteiger partial charge in [-0.2, -0.15) is 0 Å². The maximum Gasteiger partial charge on any atom is 0.130 e. The molecule has 0 radical (unpaired) electrons. The summed E-state index contributed by atoms with van der Waals surface area (Å²) in [4.78, 5) is 12.6. The molecule has 0 amide bonds. The Balaban J connectivity index is 1.43. The van der Waals surface area contributed by atoms with E-state index in [-0.39, 0.29) is 0 Å². The van der Waals surface area contributed by atoms with Crippen molar-refractivity contribution in [2.45, 2.75) is 59.0 Å². The number of H-pyrrole nitrogens is 1. The van der Waals surface area contributed by atoms with Crippen molar-refractivity contribution >= 4 is 0 Å². The molecule has 4 nitrogen and oxygen atoms in total. The zero-order valence-corrected chi connectivity index (χ0v) is 17.0. The number of imidazole rings is 1. The van der Waals surface area contributed by atoms with Crippen LogP contribution in [0.1, 0.15) is 61.2 Å². The molecule has 1 N–H and O–H groups in total. The molecule has 3 aromatic rings. The Hall–Kier alpha value is -2.62. The van der Waals surface area contributed by atoms with E-state index in [1.807, 2.05) is 31.5 Å². The number of rotatable bonds is 5. The molecule has 0 bridgehead atoms. The molecule has 146 valence electrons. The van der Waals surface area contributed by atoms with E-state index in [2.05, 4.69) is 47.0 Å². The Kier molecular flexibility index (Phi) is 5.47. The molecular weight excluding hydrogens is 346 g/mol. The van der Waals surface area contributed by atoms with E-state index in [1.165, 1.54) is 25.7 Å². The molecule has 0 atom stereocenters. The van der Waals surface area contributed by atoms with Crippen LogP contribution in [-0.4, -0.2) is 15.0 Å². The predicted octanol–water partition coefficient (Wildman–Crippen LogP) is 5.96. The molecule has 4 heteroatoms. The predicted molar refractivity (Wildman–Crippen MR) is 112 cm³/mol. The minimum Gasteiger partial charge on any atom is -0.487 e. The lowest BCUT2D eigenvalue weighted by Gasteiger charge is -2.24. The molecule has 0 saturated heterocycles. The van der Waals surface area contributed by atoms with E-state index >= 15 is 0 Å². The summed E-state index contributed by atoms with van der Waals surface area (Å²) in [5.74, 6) is 3.48. The van der Waals surface area contributed by atoms with Crippen LogP contribution in [0.15, 0.2) is 42.7 Å². The first-order valence-electron chi connectivity index (χ1n) is 10.3. The maximum absolute atomic E-state index is 5.98. The van der Waals surface area contributed by atoms with Crippen LogP contribution in [0.2, 0.25) is 0 Å². The fraction of sp³-hybridized carbons (Fsp3) is 0.417. The highest BCUT2D eigenvalue weighted by Crippen LogP contribution is 2.35. The Morgan fingerprint density at radius 3 is 2.54 bits per heavy atom. The molecule has 0 spiro atoms. The summed E-state index contributed by atoms with van der Waals surface area (Å²) in [6.07, 6.45) is 8.94. The van der Waals surface area contributed by atoms with Gasteiger partial charge in [0.15, 0.2) is 0 Å². The van der Waals surface area contributed by atoms with Crippen molar-refractivity contribution in [3.8, 4) is 17.0 Å². The second kappa shape index (κ2) is 8.17. The smallest absolute Gasteiger partial charge is 0.130 e. The molecular formula is C24H29N3O. The minimum atomic E-state index is 0.481. The van der Waals surface area contributed by atoms with E-state index in [9.17, 15) is 0 Å². The van der Waals surface area contributed by atoms with Crippen LogP contribution in [0.4, 0.5) is 0 Å². The van der Waals surface area contributed by atoms with Crippen molar-refractivity contribution in [3.63, 3.8) is 0 Å². The quantitative estimate of drug-likeness (QED) is 0.598. The van der Waals surface area contributed by atoms with Crippen molar-refractivity contribution in [1.82, 2.24) is 15.0 Å². The number of nitrogens with zero attached hydrogens (tertiary/aromatic N) is 2. The number of benzene rings is 1. The minimum absolute atomic E-state index is 0.481. The Morgan fingerprint density at radius 1 is 1.00 bits per heavy atom. The molecule has 1 aliphatic carbocycles. The third-order valence-electron chi connectivity index (χ3n) is 5.83. The number of ether oxygens (including phenoxy) is 1. The molecule has 0 unspecified atom stereocenters. The van der Waals surface area contributed by atoms with E-state index in [4.69, 9.17) is 4.74 Å². The van der Waals surface area contributed by atoms with Crippen LogP contribution in [0.25, 0.3) is 11.3 Å². The SMILES string of the molecule is Cc1ccc(COc2ccc(-c3cnc(C4CCC(C)CC4)[nH]3)cc2C)nc1. The lowest BCUT2D eigenvalue weighted by atomic mass is 9.83. The normalized spacial score (nSPS) is 19.5. The number of nitrogens with one attached hydrogen (secondary N) is 1. The molecule has 1 aromatic carbocycles. The lowest BCUT2D eigenvalue weighted by molar-refractivity contribution is 0.299. The summed E-state index contributed by atoms with van der Waals surface area (Å²) in [7, 11) is 0. The fourth-order valence-corrected chi connectivity index (χ4v) is 3.94. The summed E-state index contributed by atoms with van der Waals surface area (Å²) < 4.78 is 5.98. The second-order valence-corrected chi connectivity index (χ2v) is 8.23. The van der Waals surface area contributed by atoms with E-state index in [0.717, 1.165) is 45.6 Å². The first-order chi connectivity index (χ1) is 13.6. The van der Waals surface area contributed by atoms with Crippen molar-refractivity contribution < 1.29 is 4.74 Å². The second-order valence-electron chi connectivity index (χ2n) is 8.23. The Bertz CT molecular complexity index is 921. The van der Waals surface area contributed by atoms with Crippen LogP contribution in [0, 0.1) is 19.8 Å². The summed E-state index contributed by atoms with van der Waals surface area (Å²) in [5, 5.41) is 0. The van der Waals surface area contributed by atoms with Crippen LogP contribution < -0.4 is 4.74 Å². The number of hydrogen-bond acceptors (Lipinski definition) is 3. The third kappa shape index (κ3) is 4.27. The Morgan fingerprint density at radius 2 is 1.82 bits per heavy atom. The van der Waals surface area contributed by atoms with Crippen molar-refractivity contribution in [2.24, 2.45) is 5.92 Å². The van der Waals surface area contributed by atoms with Gasteiger partial charge in [-0.3, -0.25) is 4.98 Å². The van der Waals surface area contributed by atoms with Crippen LogP contribution in [0.5, 0.6) is 5.75 Å². The first-order valence-corrected chi connectivity index (χ1v) is 10.3. The highest BCUT2D eigenvalue weighted by atomic mass is 16.5. The number of aromatic amines is 1. The van der Waals surface area contributed by atoms with Crippen molar-refractivity contribution in [3.05, 3.63) is 65.4 Å². The molecule has 2 aromatic heterocycles. The molecule has 2 heterocycles. The number of aryl methyl sites for hydroxylation is 2. The summed E-state index contributed by atoms with van der Waals surface area (Å²) >= 11 is 0. The van der Waals surface area contributed by atoms with Crippen molar-refractivity contribution in [2.75, 3.05) is 0 Å². The first kappa shape index (κ1) is 18.7. The Labute approximate surface area is 167 Å². The maximum atomic E-state index is 5.98.